The third kappa shape index (κ3) is 2.61. The normalized spacial score (nSPS) is 11.8. The number of nitro benzene ring substituents is 2. The highest BCUT2D eigenvalue weighted by Gasteiger charge is 2.24. The maximum absolute atomic E-state index is 11.1. The summed E-state index contributed by atoms with van der Waals surface area (Å²) >= 11 is 0. The molecule has 0 radical (unpaired) electrons. The Balaban J connectivity index is 2.51. The van der Waals surface area contributed by atoms with Gasteiger partial charge in [-0.2, -0.15) is 0 Å². The van der Waals surface area contributed by atoms with E-state index in [1.165, 1.54) is 12.1 Å². The van der Waals surface area contributed by atoms with E-state index in [-0.39, 0.29) is 17.3 Å². The molecule has 0 bridgehead atoms. The third-order valence-corrected chi connectivity index (χ3v) is 3.02. The molecule has 0 saturated carbocycles. The van der Waals surface area contributed by atoms with Crippen molar-refractivity contribution >= 4 is 11.4 Å². The summed E-state index contributed by atoms with van der Waals surface area (Å²) in [6, 6.07) is 8.96. The lowest BCUT2D eigenvalue weighted by Crippen LogP contribution is -2.04. The second kappa shape index (κ2) is 5.43. The molecule has 0 saturated heterocycles. The Hall–Kier alpha value is -2.83. The molecule has 1 aromatic carbocycles. The van der Waals surface area contributed by atoms with E-state index < -0.39 is 9.85 Å². The minimum absolute atomic E-state index is 0.266. The molecule has 0 amide bonds. The van der Waals surface area contributed by atoms with Gasteiger partial charge < -0.3 is 0 Å². The van der Waals surface area contributed by atoms with Gasteiger partial charge in [-0.05, 0) is 18.2 Å². The first-order valence-electron chi connectivity index (χ1n) is 5.84. The van der Waals surface area contributed by atoms with Crippen molar-refractivity contribution in [3.63, 3.8) is 0 Å². The summed E-state index contributed by atoms with van der Waals surface area (Å²) in [5, 5.41) is 21.8. The molecular weight excluding hydrogens is 262 g/mol. The fourth-order valence-corrected chi connectivity index (χ4v) is 1.96. The molecular formula is C13H11N3O4. The van der Waals surface area contributed by atoms with Crippen molar-refractivity contribution in [2.24, 2.45) is 0 Å². The fourth-order valence-electron chi connectivity index (χ4n) is 1.96. The Morgan fingerprint density at radius 3 is 2.40 bits per heavy atom. The molecule has 2 rings (SSSR count). The van der Waals surface area contributed by atoms with E-state index in [9.17, 15) is 20.2 Å². The highest BCUT2D eigenvalue weighted by atomic mass is 16.6. The smallest absolute Gasteiger partial charge is 0.261 e. The Bertz CT molecular complexity index is 658. The van der Waals surface area contributed by atoms with E-state index in [1.807, 2.05) is 0 Å². The summed E-state index contributed by atoms with van der Waals surface area (Å²) in [7, 11) is 0. The topological polar surface area (TPSA) is 99.2 Å². The van der Waals surface area contributed by atoms with Crippen molar-refractivity contribution in [2.75, 3.05) is 0 Å². The monoisotopic (exact) mass is 273 g/mol. The first-order valence-corrected chi connectivity index (χ1v) is 5.84. The van der Waals surface area contributed by atoms with Gasteiger partial charge in [0.2, 0.25) is 0 Å². The predicted octanol–water partition coefficient (Wildman–Crippen LogP) is 3.05. The second-order valence-electron chi connectivity index (χ2n) is 4.23. The van der Waals surface area contributed by atoms with Gasteiger partial charge >= 0.3 is 0 Å². The molecule has 0 fully saturated rings. The quantitative estimate of drug-likeness (QED) is 0.629. The van der Waals surface area contributed by atoms with Gasteiger partial charge in [-0.3, -0.25) is 25.2 Å². The van der Waals surface area contributed by atoms with Crippen LogP contribution in [0.5, 0.6) is 0 Å². The van der Waals surface area contributed by atoms with Crippen LogP contribution in [0.2, 0.25) is 0 Å². The minimum atomic E-state index is -0.651. The number of rotatable bonds is 4. The van der Waals surface area contributed by atoms with Gasteiger partial charge in [0.1, 0.15) is 0 Å². The number of non-ortho nitro benzene ring substituents is 1. The first-order chi connectivity index (χ1) is 9.50. The molecule has 0 aliphatic carbocycles. The molecule has 102 valence electrons. The maximum atomic E-state index is 11.1. The molecule has 7 heteroatoms. The van der Waals surface area contributed by atoms with Gasteiger partial charge in [-0.1, -0.05) is 13.0 Å². The van der Waals surface area contributed by atoms with Crippen molar-refractivity contribution in [1.29, 1.82) is 0 Å². The molecule has 1 aromatic heterocycles. The van der Waals surface area contributed by atoms with Crippen LogP contribution in [0.25, 0.3) is 0 Å². The lowest BCUT2D eigenvalue weighted by atomic mass is 9.95. The molecule has 7 nitrogen and oxygen atoms in total. The Morgan fingerprint density at radius 1 is 1.10 bits per heavy atom. The average Bonchev–Trinajstić information content (AvgIpc) is 2.46. The number of hydrogen-bond acceptors (Lipinski definition) is 5. The van der Waals surface area contributed by atoms with E-state index in [2.05, 4.69) is 4.98 Å². The van der Waals surface area contributed by atoms with Crippen molar-refractivity contribution < 1.29 is 9.85 Å². The number of hydrogen-bond donors (Lipinski definition) is 0. The molecule has 1 heterocycles. The van der Waals surface area contributed by atoms with Crippen LogP contribution in [-0.4, -0.2) is 14.8 Å². The summed E-state index contributed by atoms with van der Waals surface area (Å²) in [4.78, 5) is 24.7. The summed E-state index contributed by atoms with van der Waals surface area (Å²) in [6.07, 6.45) is 1.60. The van der Waals surface area contributed by atoms with Crippen LogP contribution in [0.1, 0.15) is 24.1 Å². The average molecular weight is 273 g/mol. The van der Waals surface area contributed by atoms with E-state index in [4.69, 9.17) is 0 Å². The molecule has 0 aliphatic rings. The van der Waals surface area contributed by atoms with Gasteiger partial charge in [-0.25, -0.2) is 0 Å². The van der Waals surface area contributed by atoms with E-state index in [1.54, 1.807) is 31.3 Å². The van der Waals surface area contributed by atoms with Gasteiger partial charge in [0, 0.05) is 29.4 Å². The van der Waals surface area contributed by atoms with Gasteiger partial charge in [0.25, 0.3) is 11.4 Å². The highest BCUT2D eigenvalue weighted by molar-refractivity contribution is 5.52. The molecule has 2 aromatic rings. The van der Waals surface area contributed by atoms with E-state index in [0.717, 1.165) is 6.07 Å². The number of pyridine rings is 1. The summed E-state index contributed by atoms with van der Waals surface area (Å²) < 4.78 is 0. The maximum Gasteiger partial charge on any atom is 0.280 e. The summed E-state index contributed by atoms with van der Waals surface area (Å²) in [5.74, 6) is -0.322. The summed E-state index contributed by atoms with van der Waals surface area (Å²) in [6.45, 7) is 1.77. The van der Waals surface area contributed by atoms with Crippen LogP contribution >= 0.6 is 0 Å². The van der Waals surface area contributed by atoms with Crippen LogP contribution in [0, 0.1) is 20.2 Å². The third-order valence-electron chi connectivity index (χ3n) is 3.02. The zero-order chi connectivity index (χ0) is 14.7. The number of benzene rings is 1. The molecule has 1 atom stereocenters. The SMILES string of the molecule is C[C@H](c1ccccn1)c1ccc([N+](=O)[O-])cc1[N+](=O)[O-]. The van der Waals surface area contributed by atoms with E-state index in [0.29, 0.717) is 11.3 Å². The molecule has 0 spiro atoms. The van der Waals surface area contributed by atoms with E-state index >= 15 is 0 Å². The highest BCUT2D eigenvalue weighted by Crippen LogP contribution is 2.33. The first kappa shape index (κ1) is 13.6. The lowest BCUT2D eigenvalue weighted by Gasteiger charge is -2.11. The Kier molecular flexibility index (Phi) is 3.69. The van der Waals surface area contributed by atoms with Gasteiger partial charge in [0.05, 0.1) is 15.9 Å². The van der Waals surface area contributed by atoms with Crippen molar-refractivity contribution in [3.8, 4) is 0 Å². The lowest BCUT2D eigenvalue weighted by molar-refractivity contribution is -0.394. The molecule has 0 unspecified atom stereocenters. The van der Waals surface area contributed by atoms with Crippen molar-refractivity contribution in [3.05, 3.63) is 74.1 Å². The van der Waals surface area contributed by atoms with Crippen molar-refractivity contribution in [2.45, 2.75) is 12.8 Å². The van der Waals surface area contributed by atoms with Gasteiger partial charge in [0.15, 0.2) is 0 Å². The molecule has 20 heavy (non-hydrogen) atoms. The second-order valence-corrected chi connectivity index (χ2v) is 4.23. The Morgan fingerprint density at radius 2 is 1.85 bits per heavy atom. The largest absolute Gasteiger partial charge is 0.280 e. The fraction of sp³-hybridized carbons (Fsp3) is 0.154. The predicted molar refractivity (Wildman–Crippen MR) is 71.5 cm³/mol. The standard InChI is InChI=1S/C13H11N3O4/c1-9(12-4-2-3-7-14-12)11-6-5-10(15(17)18)8-13(11)16(19)20/h2-9H,1H3/t9-/m0/s1. The van der Waals surface area contributed by atoms with Crippen LogP contribution < -0.4 is 0 Å². The van der Waals surface area contributed by atoms with Crippen LogP contribution in [0.15, 0.2) is 42.6 Å². The zero-order valence-corrected chi connectivity index (χ0v) is 10.6. The van der Waals surface area contributed by atoms with Crippen LogP contribution in [0.3, 0.4) is 0 Å². The van der Waals surface area contributed by atoms with Crippen LogP contribution in [-0.2, 0) is 0 Å². The zero-order valence-electron chi connectivity index (χ0n) is 10.6. The number of nitrogens with zero attached hydrogens (tertiary/aromatic N) is 3. The van der Waals surface area contributed by atoms with Gasteiger partial charge in [-0.15, -0.1) is 0 Å². The Labute approximate surface area is 114 Å². The van der Waals surface area contributed by atoms with Crippen molar-refractivity contribution in [1.82, 2.24) is 4.98 Å². The number of aromatic nitrogens is 1. The summed E-state index contributed by atoms with van der Waals surface area (Å²) in [5.41, 5.74) is 0.509. The number of nitro groups is 2. The minimum Gasteiger partial charge on any atom is -0.261 e. The molecule has 0 aliphatic heterocycles. The van der Waals surface area contributed by atoms with Crippen LogP contribution in [0.4, 0.5) is 11.4 Å². The molecule has 0 N–H and O–H groups in total.